The van der Waals surface area contributed by atoms with E-state index in [1.165, 1.54) is 7.11 Å². The third kappa shape index (κ3) is 6.93. The van der Waals surface area contributed by atoms with Crippen LogP contribution in [0.1, 0.15) is 5.56 Å². The van der Waals surface area contributed by atoms with E-state index in [0.717, 1.165) is 12.7 Å². The molecule has 11 heteroatoms. The van der Waals surface area contributed by atoms with Crippen LogP contribution in [-0.4, -0.2) is 36.7 Å². The van der Waals surface area contributed by atoms with E-state index in [1.807, 2.05) is 12.1 Å². The molecule has 0 heterocycles. The highest BCUT2D eigenvalue weighted by atomic mass is 127. The Balaban J connectivity index is 2.28. The van der Waals surface area contributed by atoms with Crippen LogP contribution in [0.25, 0.3) is 0 Å². The molecule has 29 heavy (non-hydrogen) atoms. The van der Waals surface area contributed by atoms with Crippen molar-refractivity contribution in [3.8, 4) is 17.2 Å². The Hall–Kier alpha value is -0.140. The molecule has 0 radical (unpaired) electrons. The van der Waals surface area contributed by atoms with Gasteiger partial charge in [-0.25, -0.2) is 4.79 Å². The van der Waals surface area contributed by atoms with Crippen LogP contribution in [0.4, 0.5) is 0 Å². The number of nitrogens with one attached hydrogen (secondary N) is 1. The summed E-state index contributed by atoms with van der Waals surface area (Å²) in [4.78, 5) is 23.6. The number of carbonyl (C=O) groups is 2. The van der Waals surface area contributed by atoms with Crippen LogP contribution in [0, 0.1) is 14.3 Å². The molecule has 156 valence electrons. The molecule has 1 amide bonds. The predicted molar refractivity (Wildman–Crippen MR) is 142 cm³/mol. The summed E-state index contributed by atoms with van der Waals surface area (Å²) in [5, 5.41) is 12.5. The minimum absolute atomic E-state index is 0.209. The number of esters is 1. The van der Waals surface area contributed by atoms with Gasteiger partial charge in [-0.3, -0.25) is 4.79 Å². The molecule has 2 rings (SSSR count). The molecule has 0 saturated carbocycles. The fraction of sp³-hybridized carbons (Fsp3) is 0.222. The van der Waals surface area contributed by atoms with E-state index < -0.39 is 17.9 Å². The van der Waals surface area contributed by atoms with Crippen molar-refractivity contribution in [3.63, 3.8) is 0 Å². The van der Waals surface area contributed by atoms with Crippen LogP contribution >= 0.6 is 90.4 Å². The number of carbonyl (C=O) groups excluding carboxylic acids is 2. The van der Waals surface area contributed by atoms with Crippen LogP contribution in [-0.2, 0) is 20.7 Å². The van der Waals surface area contributed by atoms with Crippen LogP contribution < -0.4 is 15.8 Å². The van der Waals surface area contributed by atoms with Gasteiger partial charge in [-0.05, 0) is 120 Å². The van der Waals surface area contributed by atoms with Gasteiger partial charge < -0.3 is 25.6 Å². The van der Waals surface area contributed by atoms with E-state index in [-0.39, 0.29) is 18.7 Å². The van der Waals surface area contributed by atoms with E-state index in [4.69, 9.17) is 15.2 Å². The second kappa shape index (κ2) is 11.5. The molecule has 7 nitrogen and oxygen atoms in total. The lowest BCUT2D eigenvalue weighted by molar-refractivity contribution is -0.144. The third-order valence-electron chi connectivity index (χ3n) is 3.71. The monoisotopic (exact) mass is 848 g/mol. The van der Waals surface area contributed by atoms with E-state index in [2.05, 4.69) is 95.7 Å². The Bertz CT molecular complexity index is 892. The molecule has 0 saturated heterocycles. The Labute approximate surface area is 222 Å². The van der Waals surface area contributed by atoms with Crippen LogP contribution in [0.3, 0.4) is 0 Å². The number of amides is 1. The fourth-order valence-electron chi connectivity index (χ4n) is 2.37. The number of aromatic hydroxyl groups is 1. The Morgan fingerprint density at radius 1 is 1.07 bits per heavy atom. The first kappa shape index (κ1) is 25.1. The third-order valence-corrected chi connectivity index (χ3v) is 6.96. The van der Waals surface area contributed by atoms with Crippen molar-refractivity contribution in [1.82, 2.24) is 5.32 Å². The van der Waals surface area contributed by atoms with Gasteiger partial charge in [0.15, 0.2) is 5.75 Å². The number of ether oxygens (including phenoxy) is 2. The van der Waals surface area contributed by atoms with Crippen molar-refractivity contribution in [2.24, 2.45) is 5.73 Å². The number of phenolic OH excluding ortho intramolecular Hbond substituents is 1. The van der Waals surface area contributed by atoms with Gasteiger partial charge in [0.2, 0.25) is 5.91 Å². The zero-order valence-corrected chi connectivity index (χ0v) is 23.6. The smallest absolute Gasteiger partial charge is 0.328 e. The average Bonchev–Trinajstić information content (AvgIpc) is 2.67. The highest BCUT2D eigenvalue weighted by Gasteiger charge is 2.23. The zero-order chi connectivity index (χ0) is 21.7. The largest absolute Gasteiger partial charge is 0.506 e. The molecule has 0 aliphatic rings. The molecule has 0 aliphatic carbocycles. The van der Waals surface area contributed by atoms with Crippen LogP contribution in [0.2, 0.25) is 0 Å². The lowest BCUT2D eigenvalue weighted by Gasteiger charge is -2.18. The Kier molecular flexibility index (Phi) is 9.94. The molecule has 0 aromatic heterocycles. The summed E-state index contributed by atoms with van der Waals surface area (Å²) in [7, 11) is 1.27. The first-order chi connectivity index (χ1) is 13.7. The van der Waals surface area contributed by atoms with Gasteiger partial charge in [-0.2, -0.15) is 0 Å². The quantitative estimate of drug-likeness (QED) is 0.290. The summed E-state index contributed by atoms with van der Waals surface area (Å²) in [6.45, 7) is -0.209. The summed E-state index contributed by atoms with van der Waals surface area (Å²) in [6.07, 6.45) is 0.264. The molecular formula is C18H16I4N2O5. The minimum atomic E-state index is -0.824. The average molecular weight is 848 g/mol. The summed E-state index contributed by atoms with van der Waals surface area (Å²) >= 11 is 8.43. The number of phenols is 1. The predicted octanol–water partition coefficient (Wildman–Crippen LogP) is 3.76. The Morgan fingerprint density at radius 3 is 2.10 bits per heavy atom. The van der Waals surface area contributed by atoms with Crippen molar-refractivity contribution < 1.29 is 24.2 Å². The molecule has 0 bridgehead atoms. The van der Waals surface area contributed by atoms with Gasteiger partial charge in [0.25, 0.3) is 0 Å². The second-order valence-electron chi connectivity index (χ2n) is 5.78. The van der Waals surface area contributed by atoms with Crippen molar-refractivity contribution in [2.75, 3.05) is 13.7 Å². The molecule has 0 spiro atoms. The van der Waals surface area contributed by atoms with Crippen molar-refractivity contribution in [2.45, 2.75) is 12.5 Å². The maximum Gasteiger partial charge on any atom is 0.328 e. The lowest BCUT2D eigenvalue weighted by Crippen LogP contribution is -2.45. The second-order valence-corrected chi connectivity index (χ2v) is 10.4. The summed E-state index contributed by atoms with van der Waals surface area (Å²) in [5.41, 5.74) is 6.17. The van der Waals surface area contributed by atoms with Gasteiger partial charge in [-0.1, -0.05) is 0 Å². The van der Waals surface area contributed by atoms with Crippen LogP contribution in [0.15, 0.2) is 24.3 Å². The number of hydrogen-bond donors (Lipinski definition) is 3. The van der Waals surface area contributed by atoms with E-state index in [0.29, 0.717) is 18.6 Å². The molecule has 4 N–H and O–H groups in total. The molecule has 0 aliphatic heterocycles. The van der Waals surface area contributed by atoms with Crippen LogP contribution in [0.5, 0.6) is 17.2 Å². The number of rotatable bonds is 7. The SMILES string of the molecule is COC(=O)[C@H](Cc1cc(I)c(Oc2cc(I)c(O)c(I)c2)c(I)c1)NC(=O)CN. The molecule has 0 unspecified atom stereocenters. The van der Waals surface area contributed by atoms with Gasteiger partial charge in [0, 0.05) is 6.42 Å². The molecule has 1 atom stereocenters. The lowest BCUT2D eigenvalue weighted by atomic mass is 10.1. The van der Waals surface area contributed by atoms with Gasteiger partial charge in [0.05, 0.1) is 27.9 Å². The molecule has 2 aromatic carbocycles. The molecular weight excluding hydrogens is 832 g/mol. The highest BCUT2D eigenvalue weighted by Crippen LogP contribution is 2.37. The number of halogens is 4. The fourth-order valence-corrected chi connectivity index (χ4v) is 6.20. The maximum atomic E-state index is 12.0. The van der Waals surface area contributed by atoms with Crippen molar-refractivity contribution >= 4 is 102 Å². The molecule has 2 aromatic rings. The molecule has 0 fully saturated rings. The topological polar surface area (TPSA) is 111 Å². The zero-order valence-electron chi connectivity index (χ0n) is 15.0. The van der Waals surface area contributed by atoms with E-state index in [1.54, 1.807) is 12.1 Å². The van der Waals surface area contributed by atoms with Crippen molar-refractivity contribution in [3.05, 3.63) is 44.1 Å². The number of hydrogen-bond acceptors (Lipinski definition) is 6. The van der Waals surface area contributed by atoms with Gasteiger partial charge >= 0.3 is 5.97 Å². The van der Waals surface area contributed by atoms with E-state index in [9.17, 15) is 14.7 Å². The normalized spacial score (nSPS) is 11.7. The Morgan fingerprint density at radius 2 is 1.62 bits per heavy atom. The summed E-state index contributed by atoms with van der Waals surface area (Å²) in [6, 6.07) is 6.47. The minimum Gasteiger partial charge on any atom is -0.506 e. The van der Waals surface area contributed by atoms with Crippen molar-refractivity contribution in [1.29, 1.82) is 0 Å². The number of benzene rings is 2. The van der Waals surface area contributed by atoms with E-state index >= 15 is 0 Å². The standard InChI is InChI=1S/C18H16I4N2O5/c1-28-18(27)14(24-15(25)7-23)4-8-2-12(21)17(13(22)3-8)29-9-5-10(19)16(26)11(20)6-9/h2-3,5-6,14,26H,4,7,23H2,1H3,(H,24,25)/t14-/m0/s1. The summed E-state index contributed by atoms with van der Waals surface area (Å²) < 4.78 is 13.9. The van der Waals surface area contributed by atoms with Gasteiger partial charge in [-0.15, -0.1) is 0 Å². The number of methoxy groups -OCH3 is 1. The summed E-state index contributed by atoms with van der Waals surface area (Å²) in [5.74, 6) is 0.550. The van der Waals surface area contributed by atoms with Gasteiger partial charge in [0.1, 0.15) is 17.5 Å². The highest BCUT2D eigenvalue weighted by molar-refractivity contribution is 14.1. The first-order valence-electron chi connectivity index (χ1n) is 8.07. The first-order valence-corrected chi connectivity index (χ1v) is 12.4. The maximum absolute atomic E-state index is 12.0. The number of nitrogens with two attached hydrogens (primary N) is 1.